The average Bonchev–Trinajstić information content (AvgIpc) is 2.92. The molecule has 0 unspecified atom stereocenters. The largest absolute Gasteiger partial charge is 0.366 e. The molecule has 0 radical (unpaired) electrons. The number of nitrogens with zero attached hydrogens (tertiary/aromatic N) is 3. The fourth-order valence-corrected chi connectivity index (χ4v) is 4.63. The molecule has 5 heteroatoms. The van der Waals surface area contributed by atoms with Crippen LogP contribution in [0.4, 0.5) is 11.6 Å². The SMILES string of the molecule is N#Cc1c(NCc2ccccc2)nc(NCc2ccccc2)c2c1CCN(Cc1ccccc1)C2. The van der Waals surface area contributed by atoms with E-state index in [0.717, 1.165) is 48.6 Å². The van der Waals surface area contributed by atoms with Gasteiger partial charge in [0.15, 0.2) is 0 Å². The maximum atomic E-state index is 10.1. The van der Waals surface area contributed by atoms with Crippen LogP contribution in [0.25, 0.3) is 0 Å². The smallest absolute Gasteiger partial charge is 0.146 e. The van der Waals surface area contributed by atoms with Gasteiger partial charge >= 0.3 is 0 Å². The van der Waals surface area contributed by atoms with Crippen LogP contribution in [0.3, 0.4) is 0 Å². The van der Waals surface area contributed by atoms with Gasteiger partial charge in [-0.05, 0) is 28.7 Å². The summed E-state index contributed by atoms with van der Waals surface area (Å²) >= 11 is 0. The molecule has 0 aliphatic carbocycles. The third-order valence-corrected chi connectivity index (χ3v) is 6.44. The Kier molecular flexibility index (Phi) is 7.02. The van der Waals surface area contributed by atoms with Gasteiger partial charge in [-0.25, -0.2) is 4.98 Å². The van der Waals surface area contributed by atoms with Crippen LogP contribution in [0.5, 0.6) is 0 Å². The van der Waals surface area contributed by atoms with Crippen molar-refractivity contribution in [3.05, 3.63) is 124 Å². The first-order chi connectivity index (χ1) is 17.3. The minimum atomic E-state index is 0.625. The van der Waals surface area contributed by atoms with E-state index in [1.807, 2.05) is 42.5 Å². The molecule has 174 valence electrons. The minimum Gasteiger partial charge on any atom is -0.366 e. The van der Waals surface area contributed by atoms with E-state index >= 15 is 0 Å². The summed E-state index contributed by atoms with van der Waals surface area (Å²) < 4.78 is 0. The summed E-state index contributed by atoms with van der Waals surface area (Å²) in [4.78, 5) is 7.39. The lowest BCUT2D eigenvalue weighted by molar-refractivity contribution is 0.245. The Morgan fingerprint density at radius 2 is 1.26 bits per heavy atom. The van der Waals surface area contributed by atoms with Crippen molar-refractivity contribution >= 4 is 11.6 Å². The second kappa shape index (κ2) is 10.9. The molecule has 0 saturated heterocycles. The second-order valence-corrected chi connectivity index (χ2v) is 8.88. The van der Waals surface area contributed by atoms with Gasteiger partial charge in [-0.15, -0.1) is 0 Å². The van der Waals surface area contributed by atoms with Gasteiger partial charge in [0.1, 0.15) is 17.7 Å². The molecule has 1 aliphatic rings. The Balaban J connectivity index is 1.45. The molecule has 0 amide bonds. The molecule has 3 aromatic carbocycles. The highest BCUT2D eigenvalue weighted by Crippen LogP contribution is 2.33. The standard InChI is InChI=1S/C30H29N5/c31-18-27-26-16-17-35(21-25-14-8-3-9-15-25)22-28(26)30(33-20-24-12-6-2-7-13-24)34-29(27)32-19-23-10-4-1-5-11-23/h1-15H,16-17,19-22H2,(H2,32,33,34). The van der Waals surface area contributed by atoms with Crippen molar-refractivity contribution in [1.82, 2.24) is 9.88 Å². The van der Waals surface area contributed by atoms with E-state index in [1.165, 1.54) is 11.1 Å². The van der Waals surface area contributed by atoms with Crippen LogP contribution in [-0.2, 0) is 32.6 Å². The Labute approximate surface area is 207 Å². The number of nitriles is 1. The molecule has 1 aliphatic heterocycles. The van der Waals surface area contributed by atoms with Crippen LogP contribution in [0, 0.1) is 11.3 Å². The molecule has 1 aromatic heterocycles. The highest BCUT2D eigenvalue weighted by molar-refractivity contribution is 5.66. The third-order valence-electron chi connectivity index (χ3n) is 6.44. The summed E-state index contributed by atoms with van der Waals surface area (Å²) in [7, 11) is 0. The first-order valence-corrected chi connectivity index (χ1v) is 12.1. The normalized spacial score (nSPS) is 13.0. The maximum Gasteiger partial charge on any atom is 0.146 e. The zero-order chi connectivity index (χ0) is 23.9. The lowest BCUT2D eigenvalue weighted by Crippen LogP contribution is -2.32. The molecule has 0 bridgehead atoms. The molecule has 5 nitrogen and oxygen atoms in total. The molecule has 5 rings (SSSR count). The Hall–Kier alpha value is -4.14. The number of pyridine rings is 1. The van der Waals surface area contributed by atoms with Crippen molar-refractivity contribution in [1.29, 1.82) is 5.26 Å². The van der Waals surface area contributed by atoms with E-state index in [0.29, 0.717) is 24.5 Å². The summed E-state index contributed by atoms with van der Waals surface area (Å²) in [5.41, 5.74) is 6.56. The van der Waals surface area contributed by atoms with Gasteiger partial charge in [0.2, 0.25) is 0 Å². The van der Waals surface area contributed by atoms with Gasteiger partial charge in [-0.2, -0.15) is 5.26 Å². The summed E-state index contributed by atoms with van der Waals surface area (Å²) in [5, 5.41) is 17.1. The number of rotatable bonds is 8. The number of fused-ring (bicyclic) bond motifs is 1. The number of aromatic nitrogens is 1. The molecule has 0 fully saturated rings. The quantitative estimate of drug-likeness (QED) is 0.352. The van der Waals surface area contributed by atoms with E-state index in [4.69, 9.17) is 4.98 Å². The highest BCUT2D eigenvalue weighted by Gasteiger charge is 2.25. The van der Waals surface area contributed by atoms with Crippen LogP contribution >= 0.6 is 0 Å². The molecule has 0 saturated carbocycles. The van der Waals surface area contributed by atoms with Gasteiger partial charge < -0.3 is 10.6 Å². The lowest BCUT2D eigenvalue weighted by atomic mass is 9.95. The molecule has 0 spiro atoms. The first-order valence-electron chi connectivity index (χ1n) is 12.1. The van der Waals surface area contributed by atoms with Crippen LogP contribution < -0.4 is 10.6 Å². The molecule has 2 N–H and O–H groups in total. The highest BCUT2D eigenvalue weighted by atomic mass is 15.1. The fourth-order valence-electron chi connectivity index (χ4n) is 4.63. The number of anilines is 2. The van der Waals surface area contributed by atoms with Crippen molar-refractivity contribution in [2.75, 3.05) is 17.2 Å². The molecule has 4 aromatic rings. The van der Waals surface area contributed by atoms with E-state index in [1.54, 1.807) is 0 Å². The van der Waals surface area contributed by atoms with Gasteiger partial charge in [0.25, 0.3) is 0 Å². The topological polar surface area (TPSA) is 64.0 Å². The van der Waals surface area contributed by atoms with Crippen LogP contribution in [0.2, 0.25) is 0 Å². The van der Waals surface area contributed by atoms with E-state index < -0.39 is 0 Å². The fraction of sp³-hybridized carbons (Fsp3) is 0.200. The summed E-state index contributed by atoms with van der Waals surface area (Å²) in [6, 6.07) is 33.6. The summed E-state index contributed by atoms with van der Waals surface area (Å²) in [6.07, 6.45) is 0.827. The van der Waals surface area contributed by atoms with Crippen LogP contribution in [0.15, 0.2) is 91.0 Å². The number of hydrogen-bond acceptors (Lipinski definition) is 5. The second-order valence-electron chi connectivity index (χ2n) is 8.88. The molecule has 2 heterocycles. The molecular weight excluding hydrogens is 430 g/mol. The van der Waals surface area contributed by atoms with Crippen molar-refractivity contribution in [3.8, 4) is 6.07 Å². The molecule has 35 heavy (non-hydrogen) atoms. The van der Waals surface area contributed by atoms with E-state index in [2.05, 4.69) is 70.1 Å². The van der Waals surface area contributed by atoms with Crippen molar-refractivity contribution < 1.29 is 0 Å². The van der Waals surface area contributed by atoms with Crippen molar-refractivity contribution in [3.63, 3.8) is 0 Å². The Morgan fingerprint density at radius 3 is 1.83 bits per heavy atom. The Bertz CT molecular complexity index is 1300. The monoisotopic (exact) mass is 459 g/mol. The predicted molar refractivity (Wildman–Crippen MR) is 141 cm³/mol. The number of benzene rings is 3. The lowest BCUT2D eigenvalue weighted by Gasteiger charge is -2.31. The van der Waals surface area contributed by atoms with Crippen molar-refractivity contribution in [2.45, 2.75) is 32.6 Å². The third kappa shape index (κ3) is 5.51. The Morgan fingerprint density at radius 1 is 0.714 bits per heavy atom. The van der Waals surface area contributed by atoms with Crippen LogP contribution in [0.1, 0.15) is 33.4 Å². The molecular formula is C30H29N5. The van der Waals surface area contributed by atoms with Crippen molar-refractivity contribution in [2.24, 2.45) is 0 Å². The van der Waals surface area contributed by atoms with Crippen LogP contribution in [-0.4, -0.2) is 16.4 Å². The van der Waals surface area contributed by atoms with Gasteiger partial charge in [-0.1, -0.05) is 91.0 Å². The van der Waals surface area contributed by atoms with Gasteiger partial charge in [0, 0.05) is 38.3 Å². The minimum absolute atomic E-state index is 0.625. The van der Waals surface area contributed by atoms with E-state index in [9.17, 15) is 5.26 Å². The number of nitrogens with one attached hydrogen (secondary N) is 2. The number of hydrogen-bond donors (Lipinski definition) is 2. The summed E-state index contributed by atoms with van der Waals surface area (Å²) in [6.45, 7) is 3.87. The molecule has 0 atom stereocenters. The first kappa shape index (κ1) is 22.6. The maximum absolute atomic E-state index is 10.1. The zero-order valence-electron chi connectivity index (χ0n) is 19.7. The zero-order valence-corrected chi connectivity index (χ0v) is 19.7. The summed E-state index contributed by atoms with van der Waals surface area (Å²) in [5.74, 6) is 1.51. The van der Waals surface area contributed by atoms with Gasteiger partial charge in [0.05, 0.1) is 5.56 Å². The van der Waals surface area contributed by atoms with Gasteiger partial charge in [-0.3, -0.25) is 4.90 Å². The predicted octanol–water partition coefficient (Wildman–Crippen LogP) is 5.74. The van der Waals surface area contributed by atoms with E-state index in [-0.39, 0.29) is 0 Å². The average molecular weight is 460 g/mol.